The van der Waals surface area contributed by atoms with Crippen LogP contribution in [0.5, 0.6) is 17.4 Å². The summed E-state index contributed by atoms with van der Waals surface area (Å²) in [6, 6.07) is 3.39. The molecule has 200 valence electrons. The minimum atomic E-state index is -0.652. The number of amides is 1. The first-order chi connectivity index (χ1) is 17.5. The van der Waals surface area contributed by atoms with Crippen molar-refractivity contribution in [2.75, 3.05) is 34.4 Å². The topological polar surface area (TPSA) is 142 Å². The maximum absolute atomic E-state index is 13.5. The number of nitrogens with one attached hydrogen (secondary N) is 1. The fraction of sp³-hybridized carbons (Fsp3) is 0.480. The summed E-state index contributed by atoms with van der Waals surface area (Å²) in [5.41, 5.74) is 2.98. The number of carbonyl (C=O) groups excluding carboxylic acids is 2. The van der Waals surface area contributed by atoms with Crippen LogP contribution in [0.15, 0.2) is 17.1 Å². The Bertz CT molecular complexity index is 1400. The van der Waals surface area contributed by atoms with Gasteiger partial charge in [0.15, 0.2) is 22.9 Å². The number of carbonyl (C=O) groups is 2. The lowest BCUT2D eigenvalue weighted by atomic mass is 9.84. The van der Waals surface area contributed by atoms with Crippen molar-refractivity contribution in [3.05, 3.63) is 40.0 Å². The zero-order valence-electron chi connectivity index (χ0n) is 22.5. The number of benzene rings is 1. The van der Waals surface area contributed by atoms with E-state index in [0.29, 0.717) is 33.9 Å². The number of fused-ring (bicyclic) bond motifs is 1. The highest BCUT2D eigenvalue weighted by molar-refractivity contribution is 5.97. The molecule has 0 spiro atoms. The SMILES string of the molecule is CN=c1n(CC(=O)c2cc(OCCO)c(OC)c(C(C)(C)C)c2)nc2c(C)c(C)c(OC(=O)NC)nn12. The van der Waals surface area contributed by atoms with E-state index >= 15 is 0 Å². The molecule has 0 bridgehead atoms. The molecule has 12 nitrogen and oxygen atoms in total. The normalized spacial score (nSPS) is 12.1. The standard InChI is InChI=1S/C25H34N6O6/c1-14-15(2)22(37-24(34)27-7)29-31-21(14)28-30(23(31)26-6)13-18(33)16-11-17(25(3,4)5)20(35-8)19(12-16)36-10-9-32/h11-12,32H,9-10,13H2,1-8H3,(H,27,34). The first kappa shape index (κ1) is 27.7. The second kappa shape index (κ2) is 11.0. The highest BCUT2D eigenvalue weighted by Gasteiger charge is 2.26. The van der Waals surface area contributed by atoms with Crippen molar-refractivity contribution in [1.29, 1.82) is 0 Å². The van der Waals surface area contributed by atoms with E-state index in [1.807, 2.05) is 27.7 Å². The zero-order valence-corrected chi connectivity index (χ0v) is 22.5. The van der Waals surface area contributed by atoms with Gasteiger partial charge in [-0.2, -0.15) is 4.52 Å². The zero-order chi connectivity index (χ0) is 27.5. The smallest absolute Gasteiger partial charge is 0.413 e. The Balaban J connectivity index is 2.10. The summed E-state index contributed by atoms with van der Waals surface area (Å²) < 4.78 is 19.5. The Labute approximate surface area is 214 Å². The van der Waals surface area contributed by atoms with Crippen molar-refractivity contribution in [2.24, 2.45) is 4.99 Å². The summed E-state index contributed by atoms with van der Waals surface area (Å²) in [7, 11) is 4.56. The number of aliphatic hydroxyl groups excluding tert-OH is 1. The van der Waals surface area contributed by atoms with Gasteiger partial charge in [-0.1, -0.05) is 20.8 Å². The summed E-state index contributed by atoms with van der Waals surface area (Å²) in [6.07, 6.45) is -0.652. The van der Waals surface area contributed by atoms with E-state index in [9.17, 15) is 14.7 Å². The molecule has 0 saturated heterocycles. The number of aromatic nitrogens is 4. The van der Waals surface area contributed by atoms with Crippen LogP contribution in [0.25, 0.3) is 5.65 Å². The first-order valence-electron chi connectivity index (χ1n) is 11.8. The lowest BCUT2D eigenvalue weighted by molar-refractivity contribution is 0.0965. The van der Waals surface area contributed by atoms with Crippen molar-refractivity contribution in [2.45, 2.75) is 46.6 Å². The summed E-state index contributed by atoms with van der Waals surface area (Å²) in [5.74, 6) is 0.759. The molecule has 0 radical (unpaired) electrons. The number of rotatable bonds is 8. The van der Waals surface area contributed by atoms with Crippen LogP contribution in [0, 0.1) is 13.8 Å². The second-order valence-electron chi connectivity index (χ2n) is 9.41. The molecule has 2 N–H and O–H groups in total. The molecule has 2 aromatic heterocycles. The molecule has 0 saturated carbocycles. The maximum atomic E-state index is 13.5. The van der Waals surface area contributed by atoms with E-state index in [1.165, 1.54) is 16.2 Å². The Morgan fingerprint density at radius 3 is 2.43 bits per heavy atom. The Kier molecular flexibility index (Phi) is 8.22. The van der Waals surface area contributed by atoms with Gasteiger partial charge in [0.1, 0.15) is 13.2 Å². The summed E-state index contributed by atoms with van der Waals surface area (Å²) in [5, 5.41) is 20.6. The van der Waals surface area contributed by atoms with Crippen LogP contribution in [-0.4, -0.2) is 70.8 Å². The van der Waals surface area contributed by atoms with E-state index in [2.05, 4.69) is 20.5 Å². The molecule has 1 aromatic carbocycles. The molecule has 2 heterocycles. The molecule has 0 atom stereocenters. The van der Waals surface area contributed by atoms with Gasteiger partial charge in [-0.15, -0.1) is 10.2 Å². The van der Waals surface area contributed by atoms with Crippen LogP contribution >= 0.6 is 0 Å². The van der Waals surface area contributed by atoms with Gasteiger partial charge in [-0.3, -0.25) is 9.79 Å². The molecular weight excluding hydrogens is 480 g/mol. The number of aryl methyl sites for hydroxylation is 1. The number of aliphatic hydroxyl groups is 1. The van der Waals surface area contributed by atoms with Crippen LogP contribution in [0.1, 0.15) is 47.8 Å². The number of Topliss-reactive ketones (excluding diaryl/α,β-unsaturated/α-hetero) is 1. The van der Waals surface area contributed by atoms with Crippen molar-refractivity contribution in [3.8, 4) is 17.4 Å². The molecule has 12 heteroatoms. The average Bonchev–Trinajstić information content (AvgIpc) is 3.21. The predicted molar refractivity (Wildman–Crippen MR) is 136 cm³/mol. The summed E-state index contributed by atoms with van der Waals surface area (Å²) in [6.45, 7) is 9.37. The highest BCUT2D eigenvalue weighted by atomic mass is 16.6. The van der Waals surface area contributed by atoms with Gasteiger partial charge in [0.2, 0.25) is 11.5 Å². The van der Waals surface area contributed by atoms with Crippen LogP contribution < -0.4 is 25.1 Å². The Hall–Kier alpha value is -3.93. The number of methoxy groups -OCH3 is 1. The summed E-state index contributed by atoms with van der Waals surface area (Å²) in [4.78, 5) is 29.6. The molecule has 1 amide bonds. The monoisotopic (exact) mass is 514 g/mol. The van der Waals surface area contributed by atoms with E-state index in [-0.39, 0.29) is 36.8 Å². The molecule has 0 unspecified atom stereocenters. The van der Waals surface area contributed by atoms with Crippen LogP contribution in [0.3, 0.4) is 0 Å². The van der Waals surface area contributed by atoms with Crippen molar-refractivity contribution in [1.82, 2.24) is 24.7 Å². The third kappa shape index (κ3) is 5.58. The summed E-state index contributed by atoms with van der Waals surface area (Å²) >= 11 is 0. The quantitative estimate of drug-likeness (QED) is 0.435. The Morgan fingerprint density at radius 1 is 1.16 bits per heavy atom. The van der Waals surface area contributed by atoms with E-state index in [4.69, 9.17) is 14.2 Å². The fourth-order valence-corrected chi connectivity index (χ4v) is 3.80. The number of ether oxygens (including phenoxy) is 3. The molecule has 0 aliphatic heterocycles. The number of ketones is 1. The van der Waals surface area contributed by atoms with Gasteiger partial charge in [0.05, 0.1) is 13.7 Å². The Morgan fingerprint density at radius 2 is 1.86 bits per heavy atom. The fourth-order valence-electron chi connectivity index (χ4n) is 3.80. The van der Waals surface area contributed by atoms with Gasteiger partial charge < -0.3 is 24.6 Å². The van der Waals surface area contributed by atoms with Crippen molar-refractivity contribution < 1.29 is 28.9 Å². The lowest BCUT2D eigenvalue weighted by Gasteiger charge is -2.25. The van der Waals surface area contributed by atoms with Crippen molar-refractivity contribution in [3.63, 3.8) is 0 Å². The predicted octanol–water partition coefficient (Wildman–Crippen LogP) is 1.96. The molecule has 0 aliphatic rings. The lowest BCUT2D eigenvalue weighted by Crippen LogP contribution is -2.28. The molecule has 3 rings (SSSR count). The van der Waals surface area contributed by atoms with Crippen LogP contribution in [0.4, 0.5) is 4.79 Å². The molecular formula is C25H34N6O6. The second-order valence-corrected chi connectivity index (χ2v) is 9.41. The minimum absolute atomic E-state index is 0.0579. The van der Waals surface area contributed by atoms with Gasteiger partial charge in [0, 0.05) is 36.3 Å². The minimum Gasteiger partial charge on any atom is -0.493 e. The van der Waals surface area contributed by atoms with Crippen LogP contribution in [-0.2, 0) is 12.0 Å². The van der Waals surface area contributed by atoms with E-state index < -0.39 is 6.09 Å². The maximum Gasteiger partial charge on any atom is 0.413 e. The van der Waals surface area contributed by atoms with E-state index in [1.54, 1.807) is 33.2 Å². The van der Waals surface area contributed by atoms with Crippen molar-refractivity contribution >= 4 is 17.5 Å². The molecule has 3 aromatic rings. The average molecular weight is 515 g/mol. The number of hydrogen-bond donors (Lipinski definition) is 2. The largest absolute Gasteiger partial charge is 0.493 e. The number of nitrogens with zero attached hydrogens (tertiary/aromatic N) is 5. The van der Waals surface area contributed by atoms with E-state index in [0.717, 1.165) is 11.1 Å². The molecule has 0 aliphatic carbocycles. The van der Waals surface area contributed by atoms with Gasteiger partial charge in [-0.05, 0) is 31.4 Å². The van der Waals surface area contributed by atoms with Gasteiger partial charge in [-0.25, -0.2) is 9.48 Å². The number of hydrogen-bond acceptors (Lipinski definition) is 9. The first-order valence-corrected chi connectivity index (χ1v) is 11.8. The van der Waals surface area contributed by atoms with Gasteiger partial charge >= 0.3 is 6.09 Å². The molecule has 37 heavy (non-hydrogen) atoms. The van der Waals surface area contributed by atoms with Crippen LogP contribution in [0.2, 0.25) is 0 Å². The molecule has 0 fully saturated rings. The third-order valence-corrected chi connectivity index (χ3v) is 5.87. The third-order valence-electron chi connectivity index (χ3n) is 5.87. The van der Waals surface area contributed by atoms with Gasteiger partial charge in [0.25, 0.3) is 0 Å². The highest BCUT2D eigenvalue weighted by Crippen LogP contribution is 2.40.